The Hall–Kier alpha value is -1.58. The molecule has 0 fully saturated rings. The second-order valence-electron chi connectivity index (χ2n) is 2.68. The van der Waals surface area contributed by atoms with Crippen molar-refractivity contribution in [2.75, 3.05) is 0 Å². The molecule has 0 aliphatic heterocycles. The molecule has 1 N–H and O–H groups in total. The molecule has 0 aliphatic carbocycles. The largest absolute Gasteiger partial charge is 0.328 e. The lowest BCUT2D eigenvalue weighted by atomic mass is 10.2. The molecular weight excluding hydrogens is 168 g/mol. The molecular formula is C9H12N2O2. The van der Waals surface area contributed by atoms with Gasteiger partial charge in [0.05, 0.1) is 0 Å². The highest BCUT2D eigenvalue weighted by molar-refractivity contribution is 5.04. The van der Waals surface area contributed by atoms with Crippen molar-refractivity contribution in [2.45, 2.75) is 19.9 Å². The average molecular weight is 180 g/mol. The maximum atomic E-state index is 11.5. The number of nitrogens with zero attached hydrogens (tertiary/aromatic N) is 1. The summed E-state index contributed by atoms with van der Waals surface area (Å²) >= 11 is 0. The highest BCUT2D eigenvalue weighted by Crippen LogP contribution is 1.86. The van der Waals surface area contributed by atoms with E-state index in [9.17, 15) is 9.59 Å². The van der Waals surface area contributed by atoms with E-state index in [4.69, 9.17) is 0 Å². The van der Waals surface area contributed by atoms with Gasteiger partial charge in [0.15, 0.2) is 0 Å². The van der Waals surface area contributed by atoms with Crippen LogP contribution in [0.5, 0.6) is 0 Å². The van der Waals surface area contributed by atoms with Crippen molar-refractivity contribution in [3.05, 3.63) is 45.3 Å². The Balaban J connectivity index is 3.38. The summed E-state index contributed by atoms with van der Waals surface area (Å²) in [6.07, 6.45) is 3.60. The SMILES string of the molecule is C=CCn1c(=O)[nH]cc(CC)c1=O. The van der Waals surface area contributed by atoms with Gasteiger partial charge in [0.25, 0.3) is 5.56 Å². The number of aromatic amines is 1. The molecule has 1 heterocycles. The molecule has 4 heteroatoms. The van der Waals surface area contributed by atoms with Crippen LogP contribution in [0, 0.1) is 0 Å². The van der Waals surface area contributed by atoms with Crippen LogP contribution in [0.2, 0.25) is 0 Å². The van der Waals surface area contributed by atoms with Crippen molar-refractivity contribution in [1.82, 2.24) is 9.55 Å². The Morgan fingerprint density at radius 3 is 2.85 bits per heavy atom. The molecule has 0 saturated heterocycles. The minimum atomic E-state index is -0.387. The van der Waals surface area contributed by atoms with Crippen LogP contribution in [0.4, 0.5) is 0 Å². The summed E-state index contributed by atoms with van der Waals surface area (Å²) in [5.41, 5.74) is -0.00491. The van der Waals surface area contributed by atoms with Crippen LogP contribution in [0.1, 0.15) is 12.5 Å². The summed E-state index contributed by atoms with van der Waals surface area (Å²) in [4.78, 5) is 25.2. The highest BCUT2D eigenvalue weighted by Gasteiger charge is 2.03. The molecule has 0 spiro atoms. The second-order valence-corrected chi connectivity index (χ2v) is 2.68. The van der Waals surface area contributed by atoms with Gasteiger partial charge in [-0.2, -0.15) is 0 Å². The van der Waals surface area contributed by atoms with Gasteiger partial charge in [-0.15, -0.1) is 6.58 Å². The van der Waals surface area contributed by atoms with Crippen molar-refractivity contribution in [3.63, 3.8) is 0 Å². The summed E-state index contributed by atoms with van der Waals surface area (Å²) in [6.45, 7) is 5.60. The first-order chi connectivity index (χ1) is 6.20. The first-order valence-corrected chi connectivity index (χ1v) is 4.13. The lowest BCUT2D eigenvalue weighted by Crippen LogP contribution is -2.36. The Morgan fingerprint density at radius 1 is 1.62 bits per heavy atom. The molecule has 1 aromatic heterocycles. The normalized spacial score (nSPS) is 9.92. The standard InChI is InChI=1S/C9H12N2O2/c1-3-5-11-8(12)7(4-2)6-10-9(11)13/h3,6H,1,4-5H2,2H3,(H,10,13). The lowest BCUT2D eigenvalue weighted by Gasteiger charge is -2.01. The summed E-state index contributed by atoms with van der Waals surface area (Å²) in [5.74, 6) is 0. The zero-order chi connectivity index (χ0) is 9.84. The van der Waals surface area contributed by atoms with Crippen LogP contribution in [-0.4, -0.2) is 9.55 Å². The Bertz CT molecular complexity index is 414. The van der Waals surface area contributed by atoms with Gasteiger partial charge >= 0.3 is 5.69 Å². The van der Waals surface area contributed by atoms with E-state index in [0.29, 0.717) is 12.0 Å². The molecule has 0 saturated carbocycles. The zero-order valence-electron chi connectivity index (χ0n) is 7.54. The van der Waals surface area contributed by atoms with Gasteiger partial charge < -0.3 is 4.98 Å². The molecule has 1 rings (SSSR count). The van der Waals surface area contributed by atoms with Gasteiger partial charge in [-0.05, 0) is 6.42 Å². The minimum absolute atomic E-state index is 0.230. The lowest BCUT2D eigenvalue weighted by molar-refractivity contribution is 0.700. The third kappa shape index (κ3) is 1.77. The maximum absolute atomic E-state index is 11.5. The average Bonchev–Trinajstić information content (AvgIpc) is 2.12. The van der Waals surface area contributed by atoms with Crippen molar-refractivity contribution in [1.29, 1.82) is 0 Å². The fraction of sp³-hybridized carbons (Fsp3) is 0.333. The van der Waals surface area contributed by atoms with E-state index in [1.165, 1.54) is 12.3 Å². The van der Waals surface area contributed by atoms with E-state index in [0.717, 1.165) is 4.57 Å². The molecule has 13 heavy (non-hydrogen) atoms. The van der Waals surface area contributed by atoms with Gasteiger partial charge in [0.2, 0.25) is 0 Å². The van der Waals surface area contributed by atoms with E-state index >= 15 is 0 Å². The predicted octanol–water partition coefficient (Wildman–Crippen LogP) is 0.285. The summed E-state index contributed by atoms with van der Waals surface area (Å²) in [5, 5.41) is 0. The van der Waals surface area contributed by atoms with E-state index in [2.05, 4.69) is 11.6 Å². The molecule has 1 aromatic rings. The topological polar surface area (TPSA) is 54.9 Å². The van der Waals surface area contributed by atoms with Crippen LogP contribution in [0.15, 0.2) is 28.4 Å². The Kier molecular flexibility index (Phi) is 2.84. The number of H-pyrrole nitrogens is 1. The summed E-state index contributed by atoms with van der Waals surface area (Å²) in [6, 6.07) is 0. The smallest absolute Gasteiger partial charge is 0.314 e. The van der Waals surface area contributed by atoms with Gasteiger partial charge in [-0.25, -0.2) is 4.79 Å². The Morgan fingerprint density at radius 2 is 2.31 bits per heavy atom. The van der Waals surface area contributed by atoms with Crippen molar-refractivity contribution >= 4 is 0 Å². The van der Waals surface area contributed by atoms with Crippen LogP contribution >= 0.6 is 0 Å². The number of aromatic nitrogens is 2. The highest BCUT2D eigenvalue weighted by atomic mass is 16.2. The quantitative estimate of drug-likeness (QED) is 0.679. The number of allylic oxidation sites excluding steroid dienone is 1. The number of aryl methyl sites for hydroxylation is 1. The third-order valence-corrected chi connectivity index (χ3v) is 1.83. The molecule has 0 aromatic carbocycles. The third-order valence-electron chi connectivity index (χ3n) is 1.83. The number of rotatable bonds is 3. The molecule has 0 radical (unpaired) electrons. The van der Waals surface area contributed by atoms with Gasteiger partial charge in [0.1, 0.15) is 0 Å². The maximum Gasteiger partial charge on any atom is 0.328 e. The molecule has 70 valence electrons. The number of hydrogen-bond acceptors (Lipinski definition) is 2. The fourth-order valence-corrected chi connectivity index (χ4v) is 1.10. The minimum Gasteiger partial charge on any atom is -0.314 e. The summed E-state index contributed by atoms with van der Waals surface area (Å²) < 4.78 is 1.13. The van der Waals surface area contributed by atoms with Gasteiger partial charge in [0, 0.05) is 18.3 Å². The van der Waals surface area contributed by atoms with E-state index < -0.39 is 0 Å². The van der Waals surface area contributed by atoms with Crippen molar-refractivity contribution in [3.8, 4) is 0 Å². The van der Waals surface area contributed by atoms with Crippen LogP contribution < -0.4 is 11.2 Å². The van der Waals surface area contributed by atoms with Crippen LogP contribution in [0.25, 0.3) is 0 Å². The molecule has 0 unspecified atom stereocenters. The first kappa shape index (κ1) is 9.51. The van der Waals surface area contributed by atoms with E-state index in [-0.39, 0.29) is 17.8 Å². The van der Waals surface area contributed by atoms with Crippen molar-refractivity contribution < 1.29 is 0 Å². The van der Waals surface area contributed by atoms with Crippen LogP contribution in [-0.2, 0) is 13.0 Å². The van der Waals surface area contributed by atoms with E-state index in [1.807, 2.05) is 6.92 Å². The summed E-state index contributed by atoms with van der Waals surface area (Å²) in [7, 11) is 0. The monoisotopic (exact) mass is 180 g/mol. The molecule has 0 aliphatic rings. The van der Waals surface area contributed by atoms with Crippen molar-refractivity contribution in [2.24, 2.45) is 0 Å². The first-order valence-electron chi connectivity index (χ1n) is 4.13. The number of hydrogen-bond donors (Lipinski definition) is 1. The second kappa shape index (κ2) is 3.89. The number of nitrogens with one attached hydrogen (secondary N) is 1. The molecule has 0 amide bonds. The fourth-order valence-electron chi connectivity index (χ4n) is 1.10. The van der Waals surface area contributed by atoms with Crippen LogP contribution in [0.3, 0.4) is 0 Å². The molecule has 0 atom stereocenters. The van der Waals surface area contributed by atoms with Gasteiger partial charge in [-0.3, -0.25) is 9.36 Å². The van der Waals surface area contributed by atoms with E-state index in [1.54, 1.807) is 0 Å². The molecule has 0 bridgehead atoms. The molecule has 4 nitrogen and oxygen atoms in total. The Labute approximate surface area is 75.5 Å². The predicted molar refractivity (Wildman–Crippen MR) is 50.9 cm³/mol. The van der Waals surface area contributed by atoms with Gasteiger partial charge in [-0.1, -0.05) is 13.0 Å². The zero-order valence-corrected chi connectivity index (χ0v) is 7.54.